The number of rotatable bonds is 3. The van der Waals surface area contributed by atoms with E-state index in [4.69, 9.17) is 33.0 Å². The molecule has 3 aromatic rings. The van der Waals surface area contributed by atoms with Gasteiger partial charge in [-0.15, -0.1) is 6.42 Å². The van der Waals surface area contributed by atoms with Crippen LogP contribution >= 0.6 is 23.2 Å². The lowest BCUT2D eigenvalue weighted by Gasteiger charge is -2.10. The van der Waals surface area contributed by atoms with Gasteiger partial charge in [0.1, 0.15) is 24.4 Å². The highest BCUT2D eigenvalue weighted by atomic mass is 35.5. The highest BCUT2D eigenvalue weighted by molar-refractivity contribution is 6.32. The number of aryl methyl sites for hydroxylation is 1. The first-order valence-corrected chi connectivity index (χ1v) is 10.2. The summed E-state index contributed by atoms with van der Waals surface area (Å²) in [6.07, 6.45) is 2.76. The summed E-state index contributed by atoms with van der Waals surface area (Å²) >= 11 is 11.6. The number of methoxy groups -OCH3 is 1. The van der Waals surface area contributed by atoms with Gasteiger partial charge in [0, 0.05) is 18.3 Å². The molecule has 2 aromatic carbocycles. The molecular weight excluding hydrogens is 494 g/mol. The van der Waals surface area contributed by atoms with E-state index < -0.39 is 17.6 Å². The lowest BCUT2D eigenvalue weighted by Crippen LogP contribution is -2.17. The second-order valence-electron chi connectivity index (χ2n) is 6.39. The van der Waals surface area contributed by atoms with Crippen LogP contribution in [0.2, 0.25) is 10.0 Å². The van der Waals surface area contributed by atoms with Crippen molar-refractivity contribution in [2.75, 3.05) is 20.8 Å². The van der Waals surface area contributed by atoms with Crippen LogP contribution in [0.5, 0.6) is 5.75 Å². The molecule has 0 aliphatic heterocycles. The fourth-order valence-corrected chi connectivity index (χ4v) is 2.73. The maximum atomic E-state index is 12.5. The lowest BCUT2D eigenvalue weighted by molar-refractivity contribution is -0.137. The zero-order valence-electron chi connectivity index (χ0n) is 18.5. The molecule has 1 amide bonds. The number of carbonyl (C=O) groups is 1. The van der Waals surface area contributed by atoms with Crippen molar-refractivity contribution in [2.24, 2.45) is 0 Å². The zero-order chi connectivity index (χ0) is 25.9. The van der Waals surface area contributed by atoms with Gasteiger partial charge in [0.25, 0.3) is 5.91 Å². The van der Waals surface area contributed by atoms with Crippen molar-refractivity contribution in [3.8, 4) is 23.8 Å². The number of halogens is 5. The highest BCUT2D eigenvalue weighted by Crippen LogP contribution is 2.33. The molecule has 0 unspecified atom stereocenters. The van der Waals surface area contributed by atoms with Crippen LogP contribution < -0.4 is 10.1 Å². The smallest absolute Gasteiger partial charge is 0.416 e. The number of imidazole rings is 1. The predicted octanol–water partition coefficient (Wildman–Crippen LogP) is 5.17. The standard InChI is InChI=1S/C12H9ClF3N3O.C8H9ClO.C3H4O/c1-17-11(20)9-5-19(6-18-9)10-3-2-7(4-8(10)13)12(14,15)16;1-6-5-7(10-2)3-4-8(6)9;1-2-3-4/h2-6H,1H3,(H,17,20);3-5H,1-2H3;1,4H,3H2. The van der Waals surface area contributed by atoms with Gasteiger partial charge >= 0.3 is 6.18 Å². The molecule has 0 radical (unpaired) electrons. The van der Waals surface area contributed by atoms with E-state index in [1.807, 2.05) is 31.0 Å². The Kier molecular flexibility index (Phi) is 11.5. The Morgan fingerprint density at radius 2 is 1.88 bits per heavy atom. The molecule has 1 aromatic heterocycles. The molecule has 0 saturated heterocycles. The minimum absolute atomic E-state index is 0.0827. The van der Waals surface area contributed by atoms with Gasteiger partial charge in [0.15, 0.2) is 0 Å². The summed E-state index contributed by atoms with van der Waals surface area (Å²) in [4.78, 5) is 15.2. The van der Waals surface area contributed by atoms with Crippen molar-refractivity contribution in [1.82, 2.24) is 14.9 Å². The number of aliphatic hydroxyl groups excluding tert-OH is 1. The molecule has 34 heavy (non-hydrogen) atoms. The Labute approximate surface area is 205 Å². The maximum Gasteiger partial charge on any atom is 0.416 e. The van der Waals surface area contributed by atoms with Crippen molar-refractivity contribution in [3.63, 3.8) is 0 Å². The molecule has 182 valence electrons. The topological polar surface area (TPSA) is 76.4 Å². The van der Waals surface area contributed by atoms with Crippen molar-refractivity contribution >= 4 is 29.1 Å². The molecule has 3 rings (SSSR count). The number of carbonyl (C=O) groups excluding carboxylic acids is 1. The number of terminal acetylenes is 1. The van der Waals surface area contributed by atoms with Gasteiger partial charge in [-0.3, -0.25) is 4.79 Å². The van der Waals surface area contributed by atoms with Gasteiger partial charge in [-0.2, -0.15) is 13.2 Å². The molecule has 0 spiro atoms. The number of alkyl halides is 3. The third-order valence-corrected chi connectivity index (χ3v) is 4.78. The Hall–Kier alpha value is -3.19. The van der Waals surface area contributed by atoms with E-state index in [2.05, 4.69) is 16.7 Å². The van der Waals surface area contributed by atoms with Gasteiger partial charge < -0.3 is 19.7 Å². The summed E-state index contributed by atoms with van der Waals surface area (Å²) in [5.74, 6) is 2.44. The number of nitrogens with zero attached hydrogens (tertiary/aromatic N) is 2. The molecule has 2 N–H and O–H groups in total. The molecule has 0 saturated carbocycles. The largest absolute Gasteiger partial charge is 0.497 e. The van der Waals surface area contributed by atoms with Crippen LogP contribution in [0.1, 0.15) is 21.6 Å². The number of benzene rings is 2. The third kappa shape index (κ3) is 8.63. The number of ether oxygens (including phenoxy) is 1. The minimum Gasteiger partial charge on any atom is -0.497 e. The van der Waals surface area contributed by atoms with Gasteiger partial charge in [-0.05, 0) is 48.9 Å². The van der Waals surface area contributed by atoms with Crippen molar-refractivity contribution in [1.29, 1.82) is 0 Å². The zero-order valence-corrected chi connectivity index (χ0v) is 20.0. The summed E-state index contributed by atoms with van der Waals surface area (Å²) in [5, 5.41) is 10.7. The summed E-state index contributed by atoms with van der Waals surface area (Å²) < 4.78 is 44.0. The third-order valence-electron chi connectivity index (χ3n) is 4.05. The first kappa shape index (κ1) is 28.8. The van der Waals surface area contributed by atoms with Crippen LogP contribution in [0.3, 0.4) is 0 Å². The van der Waals surface area contributed by atoms with Crippen molar-refractivity contribution in [2.45, 2.75) is 13.1 Å². The van der Waals surface area contributed by atoms with Crippen molar-refractivity contribution < 1.29 is 27.8 Å². The van der Waals surface area contributed by atoms with E-state index in [0.29, 0.717) is 5.69 Å². The molecule has 11 heteroatoms. The molecule has 6 nitrogen and oxygen atoms in total. The summed E-state index contributed by atoms with van der Waals surface area (Å²) in [5.41, 5.74) is 0.657. The monoisotopic (exact) mass is 515 g/mol. The van der Waals surface area contributed by atoms with E-state index in [9.17, 15) is 18.0 Å². The van der Waals surface area contributed by atoms with Crippen LogP contribution in [0.25, 0.3) is 5.69 Å². The molecule has 0 atom stereocenters. The minimum atomic E-state index is -4.45. The Balaban J connectivity index is 0.000000343. The first-order valence-electron chi connectivity index (χ1n) is 9.46. The molecular formula is C23H22Cl2F3N3O3. The maximum absolute atomic E-state index is 12.5. The molecule has 1 heterocycles. The number of aliphatic hydroxyl groups is 1. The van der Waals surface area contributed by atoms with Gasteiger partial charge in [-0.1, -0.05) is 29.1 Å². The summed E-state index contributed by atoms with van der Waals surface area (Å²) in [6, 6.07) is 8.55. The van der Waals surface area contributed by atoms with E-state index >= 15 is 0 Å². The Morgan fingerprint density at radius 1 is 1.24 bits per heavy atom. The predicted molar refractivity (Wildman–Crippen MR) is 126 cm³/mol. The normalized spacial score (nSPS) is 10.1. The highest BCUT2D eigenvalue weighted by Gasteiger charge is 2.31. The molecule has 0 aliphatic rings. The molecule has 0 fully saturated rings. The fraction of sp³-hybridized carbons (Fsp3) is 0.217. The Bertz CT molecular complexity index is 1140. The Morgan fingerprint density at radius 3 is 2.35 bits per heavy atom. The van der Waals surface area contributed by atoms with Crippen LogP contribution in [0.15, 0.2) is 48.9 Å². The summed E-state index contributed by atoms with van der Waals surface area (Å²) in [7, 11) is 3.09. The fourth-order valence-electron chi connectivity index (χ4n) is 2.34. The SMILES string of the molecule is C#CCO.CNC(=O)c1cn(-c2ccc(C(F)(F)F)cc2Cl)cn1.COc1ccc(Cl)c(C)c1. The van der Waals surface area contributed by atoms with Gasteiger partial charge in [0.2, 0.25) is 0 Å². The molecule has 0 aliphatic carbocycles. The quantitative estimate of drug-likeness (QED) is 0.471. The number of hydrogen-bond acceptors (Lipinski definition) is 4. The van der Waals surface area contributed by atoms with Crippen LogP contribution in [-0.4, -0.2) is 41.3 Å². The second-order valence-corrected chi connectivity index (χ2v) is 7.20. The van der Waals surface area contributed by atoms with Crippen molar-refractivity contribution in [3.05, 3.63) is 75.8 Å². The molecule has 0 bridgehead atoms. The number of aromatic nitrogens is 2. The van der Waals surface area contributed by atoms with Crippen LogP contribution in [0, 0.1) is 19.3 Å². The average Bonchev–Trinajstić information content (AvgIpc) is 3.30. The van der Waals surface area contributed by atoms with E-state index in [1.165, 1.54) is 30.2 Å². The second kappa shape index (κ2) is 13.5. The average molecular weight is 516 g/mol. The van der Waals surface area contributed by atoms with E-state index in [0.717, 1.165) is 28.5 Å². The van der Waals surface area contributed by atoms with E-state index in [1.54, 1.807) is 7.11 Å². The van der Waals surface area contributed by atoms with E-state index in [-0.39, 0.29) is 17.3 Å². The number of nitrogens with one attached hydrogen (secondary N) is 1. The number of amides is 1. The first-order chi connectivity index (χ1) is 16.0. The van der Waals surface area contributed by atoms with Crippen LogP contribution in [0.4, 0.5) is 13.2 Å². The van der Waals surface area contributed by atoms with Crippen LogP contribution in [-0.2, 0) is 6.18 Å². The lowest BCUT2D eigenvalue weighted by atomic mass is 10.2. The van der Waals surface area contributed by atoms with Gasteiger partial charge in [-0.25, -0.2) is 4.98 Å². The summed E-state index contributed by atoms with van der Waals surface area (Å²) in [6.45, 7) is 1.80. The number of hydrogen-bond donors (Lipinski definition) is 2. The van der Waals surface area contributed by atoms with Gasteiger partial charge in [0.05, 0.1) is 23.4 Å².